The smallest absolute Gasteiger partial charge is 0.344 e. The molecule has 2 aromatic carbocycles. The Morgan fingerprint density at radius 1 is 1.14 bits per heavy atom. The van der Waals surface area contributed by atoms with Crippen LogP contribution in [0.5, 0.6) is 5.75 Å². The van der Waals surface area contributed by atoms with Crippen LogP contribution in [0, 0.1) is 0 Å². The third kappa shape index (κ3) is 3.86. The predicted molar refractivity (Wildman–Crippen MR) is 106 cm³/mol. The first kappa shape index (κ1) is 18.1. The second-order valence-electron chi connectivity index (χ2n) is 6.09. The Hall–Kier alpha value is -3.26. The first-order chi connectivity index (χ1) is 13.6. The molecular weight excluding hydrogens is 378 g/mol. The van der Waals surface area contributed by atoms with Crippen LogP contribution in [0.4, 0.5) is 0 Å². The standard InChI is InChI=1S/C20H17N3O4S/c1-2-17-22-23-18(24)10-15(21-20(23)28-17)11-27-19(25)12-26-16-8-7-13-5-3-4-6-14(13)9-16/h3-10H,2,11-12H2,1H3. The summed E-state index contributed by atoms with van der Waals surface area (Å²) in [6.45, 7) is 1.64. The average Bonchev–Trinajstić information content (AvgIpc) is 3.14. The number of ether oxygens (including phenoxy) is 2. The number of esters is 1. The SMILES string of the molecule is CCc1nn2c(=O)cc(COC(=O)COc3ccc4ccccc4c3)nc2s1. The number of aromatic nitrogens is 3. The number of fused-ring (bicyclic) bond motifs is 2. The lowest BCUT2D eigenvalue weighted by atomic mass is 10.1. The van der Waals surface area contributed by atoms with Crippen LogP contribution in [0.1, 0.15) is 17.6 Å². The van der Waals surface area contributed by atoms with Crippen molar-refractivity contribution in [2.24, 2.45) is 0 Å². The second-order valence-corrected chi connectivity index (χ2v) is 7.13. The first-order valence-electron chi connectivity index (χ1n) is 8.78. The van der Waals surface area contributed by atoms with Crippen LogP contribution < -0.4 is 10.3 Å². The highest BCUT2D eigenvalue weighted by molar-refractivity contribution is 7.16. The molecular formula is C20H17N3O4S. The van der Waals surface area contributed by atoms with E-state index in [1.54, 1.807) is 6.07 Å². The molecule has 0 aliphatic rings. The Morgan fingerprint density at radius 3 is 2.79 bits per heavy atom. The molecule has 2 aromatic heterocycles. The quantitative estimate of drug-likeness (QED) is 0.467. The van der Waals surface area contributed by atoms with Crippen molar-refractivity contribution >= 4 is 33.0 Å². The van der Waals surface area contributed by atoms with Gasteiger partial charge in [0.1, 0.15) is 17.4 Å². The molecule has 4 rings (SSSR count). The summed E-state index contributed by atoms with van der Waals surface area (Å²) in [4.78, 5) is 28.9. The van der Waals surface area contributed by atoms with Gasteiger partial charge in [0.15, 0.2) is 6.61 Å². The van der Waals surface area contributed by atoms with Crippen molar-refractivity contribution in [3.63, 3.8) is 0 Å². The average molecular weight is 395 g/mol. The molecule has 4 aromatic rings. The molecule has 0 spiro atoms. The van der Waals surface area contributed by atoms with E-state index in [-0.39, 0.29) is 18.8 Å². The molecule has 28 heavy (non-hydrogen) atoms. The number of benzene rings is 2. The Kier molecular flexibility index (Phi) is 5.03. The van der Waals surface area contributed by atoms with E-state index in [0.29, 0.717) is 16.4 Å². The number of hydrogen-bond acceptors (Lipinski definition) is 7. The molecule has 0 atom stereocenters. The number of nitrogens with zero attached hydrogens (tertiary/aromatic N) is 3. The summed E-state index contributed by atoms with van der Waals surface area (Å²) in [6, 6.07) is 14.8. The third-order valence-corrected chi connectivity index (χ3v) is 5.15. The van der Waals surface area contributed by atoms with E-state index < -0.39 is 5.97 Å². The number of carbonyl (C=O) groups excluding carboxylic acids is 1. The Morgan fingerprint density at radius 2 is 1.96 bits per heavy atom. The monoisotopic (exact) mass is 395 g/mol. The molecule has 0 aliphatic heterocycles. The molecule has 0 radical (unpaired) electrons. The van der Waals surface area contributed by atoms with Crippen molar-refractivity contribution in [3.8, 4) is 5.75 Å². The van der Waals surface area contributed by atoms with Crippen molar-refractivity contribution in [3.05, 3.63) is 69.6 Å². The van der Waals surface area contributed by atoms with Gasteiger partial charge < -0.3 is 9.47 Å². The zero-order valence-electron chi connectivity index (χ0n) is 15.1. The molecule has 0 saturated carbocycles. The lowest BCUT2D eigenvalue weighted by molar-refractivity contribution is -0.147. The molecule has 0 bridgehead atoms. The van der Waals surface area contributed by atoms with Gasteiger partial charge in [-0.3, -0.25) is 4.79 Å². The maximum absolute atomic E-state index is 12.1. The topological polar surface area (TPSA) is 82.8 Å². The van der Waals surface area contributed by atoms with E-state index in [4.69, 9.17) is 9.47 Å². The minimum Gasteiger partial charge on any atom is -0.482 e. The fraction of sp³-hybridized carbons (Fsp3) is 0.200. The zero-order valence-corrected chi connectivity index (χ0v) is 15.9. The van der Waals surface area contributed by atoms with E-state index in [1.165, 1.54) is 21.9 Å². The Bertz CT molecular complexity index is 1220. The Balaban J connectivity index is 1.37. The van der Waals surface area contributed by atoms with Gasteiger partial charge in [0.05, 0.1) is 5.69 Å². The van der Waals surface area contributed by atoms with Crippen molar-refractivity contribution in [2.75, 3.05) is 6.61 Å². The highest BCUT2D eigenvalue weighted by Gasteiger charge is 2.11. The molecule has 0 fully saturated rings. The Labute approximate surface area is 164 Å². The largest absolute Gasteiger partial charge is 0.482 e. The summed E-state index contributed by atoms with van der Waals surface area (Å²) in [6.07, 6.45) is 0.726. The number of carbonyl (C=O) groups is 1. The molecule has 2 heterocycles. The van der Waals surface area contributed by atoms with Gasteiger partial charge in [0.25, 0.3) is 5.56 Å². The van der Waals surface area contributed by atoms with Gasteiger partial charge in [0, 0.05) is 6.07 Å². The maximum atomic E-state index is 12.1. The molecule has 0 amide bonds. The van der Waals surface area contributed by atoms with Crippen LogP contribution >= 0.6 is 11.3 Å². The van der Waals surface area contributed by atoms with Gasteiger partial charge in [-0.15, -0.1) is 0 Å². The second kappa shape index (κ2) is 7.77. The normalized spacial score (nSPS) is 11.0. The van der Waals surface area contributed by atoms with Gasteiger partial charge >= 0.3 is 5.97 Å². The molecule has 8 heteroatoms. The third-order valence-electron chi connectivity index (χ3n) is 4.10. The number of aryl methyl sites for hydroxylation is 1. The van der Waals surface area contributed by atoms with E-state index in [0.717, 1.165) is 22.2 Å². The minimum absolute atomic E-state index is 0.0923. The molecule has 7 nitrogen and oxygen atoms in total. The van der Waals surface area contributed by atoms with Gasteiger partial charge in [-0.2, -0.15) is 9.61 Å². The fourth-order valence-corrected chi connectivity index (χ4v) is 3.57. The summed E-state index contributed by atoms with van der Waals surface area (Å²) >= 11 is 1.34. The lowest BCUT2D eigenvalue weighted by Crippen LogP contribution is -2.18. The number of hydrogen-bond donors (Lipinski definition) is 0. The van der Waals surface area contributed by atoms with E-state index in [2.05, 4.69) is 10.1 Å². The fourth-order valence-electron chi connectivity index (χ4n) is 2.71. The van der Waals surface area contributed by atoms with E-state index in [1.807, 2.05) is 43.3 Å². The number of rotatable bonds is 6. The van der Waals surface area contributed by atoms with E-state index in [9.17, 15) is 9.59 Å². The van der Waals surface area contributed by atoms with Crippen LogP contribution in [-0.4, -0.2) is 27.2 Å². The summed E-state index contributed by atoms with van der Waals surface area (Å²) in [5, 5.41) is 7.13. The minimum atomic E-state index is -0.534. The summed E-state index contributed by atoms with van der Waals surface area (Å²) in [7, 11) is 0. The van der Waals surface area contributed by atoms with Gasteiger partial charge in [-0.25, -0.2) is 9.78 Å². The van der Waals surface area contributed by atoms with Crippen LogP contribution in [0.15, 0.2) is 53.3 Å². The molecule has 0 N–H and O–H groups in total. The zero-order chi connectivity index (χ0) is 19.5. The van der Waals surface area contributed by atoms with Crippen LogP contribution in [0.3, 0.4) is 0 Å². The highest BCUT2D eigenvalue weighted by Crippen LogP contribution is 2.20. The van der Waals surface area contributed by atoms with Crippen LogP contribution in [-0.2, 0) is 22.6 Å². The van der Waals surface area contributed by atoms with Crippen molar-refractivity contribution in [2.45, 2.75) is 20.0 Å². The summed E-state index contributed by atoms with van der Waals surface area (Å²) < 4.78 is 12.0. The van der Waals surface area contributed by atoms with E-state index >= 15 is 0 Å². The molecule has 0 aliphatic carbocycles. The van der Waals surface area contributed by atoms with Gasteiger partial charge in [0.2, 0.25) is 4.96 Å². The van der Waals surface area contributed by atoms with Gasteiger partial charge in [-0.05, 0) is 29.3 Å². The van der Waals surface area contributed by atoms with Crippen LogP contribution in [0.2, 0.25) is 0 Å². The molecule has 0 saturated heterocycles. The molecule has 142 valence electrons. The molecule has 0 unspecified atom stereocenters. The van der Waals surface area contributed by atoms with Crippen molar-refractivity contribution in [1.82, 2.24) is 14.6 Å². The lowest BCUT2D eigenvalue weighted by Gasteiger charge is -2.08. The van der Waals surface area contributed by atoms with Crippen LogP contribution in [0.25, 0.3) is 15.7 Å². The highest BCUT2D eigenvalue weighted by atomic mass is 32.1. The van der Waals surface area contributed by atoms with Crippen molar-refractivity contribution < 1.29 is 14.3 Å². The summed E-state index contributed by atoms with van der Waals surface area (Å²) in [5.74, 6) is 0.0545. The first-order valence-corrected chi connectivity index (χ1v) is 9.60. The predicted octanol–water partition coefficient (Wildman–Crippen LogP) is 2.99. The maximum Gasteiger partial charge on any atom is 0.344 e. The van der Waals surface area contributed by atoms with Gasteiger partial charge in [-0.1, -0.05) is 48.6 Å². The summed E-state index contributed by atoms with van der Waals surface area (Å²) in [5.41, 5.74) is 0.0924. The van der Waals surface area contributed by atoms with Crippen molar-refractivity contribution in [1.29, 1.82) is 0 Å².